The van der Waals surface area contributed by atoms with E-state index in [1.807, 2.05) is 6.07 Å². The molecule has 100 valence electrons. The average molecular weight is 268 g/mol. The third-order valence-electron chi connectivity index (χ3n) is 3.02. The second-order valence-corrected chi connectivity index (χ2v) is 4.26. The number of carbonyl (C=O) groups excluding carboxylic acids is 1. The summed E-state index contributed by atoms with van der Waals surface area (Å²) in [6, 6.07) is 6.82. The number of imidazole rings is 1. The molecule has 3 aromatic rings. The normalized spacial score (nSPS) is 10.7. The molecule has 0 unspecified atom stereocenters. The van der Waals surface area contributed by atoms with Gasteiger partial charge in [0.2, 0.25) is 5.91 Å². The molecule has 0 saturated carbocycles. The first-order valence-corrected chi connectivity index (χ1v) is 5.97. The van der Waals surface area contributed by atoms with Gasteiger partial charge in [-0.1, -0.05) is 0 Å². The first-order valence-electron chi connectivity index (χ1n) is 5.97. The van der Waals surface area contributed by atoms with Crippen molar-refractivity contribution in [1.29, 1.82) is 0 Å². The van der Waals surface area contributed by atoms with Crippen molar-refractivity contribution in [2.24, 2.45) is 5.73 Å². The van der Waals surface area contributed by atoms with Gasteiger partial charge in [-0.15, -0.1) is 0 Å². The van der Waals surface area contributed by atoms with Gasteiger partial charge in [-0.05, 0) is 24.3 Å². The van der Waals surface area contributed by atoms with Crippen LogP contribution in [0.15, 0.2) is 36.7 Å². The van der Waals surface area contributed by atoms with E-state index in [4.69, 9.17) is 10.5 Å². The molecule has 2 aromatic heterocycles. The highest BCUT2D eigenvalue weighted by Gasteiger charge is 2.13. The number of aromatic amines is 1. The van der Waals surface area contributed by atoms with Crippen molar-refractivity contribution in [3.63, 3.8) is 0 Å². The Labute approximate surface area is 114 Å². The van der Waals surface area contributed by atoms with Crippen molar-refractivity contribution in [2.75, 3.05) is 7.11 Å². The third kappa shape index (κ3) is 1.97. The van der Waals surface area contributed by atoms with Crippen LogP contribution in [0.5, 0.6) is 5.75 Å². The number of carbonyl (C=O) groups is 1. The Morgan fingerprint density at radius 2 is 2.20 bits per heavy atom. The number of pyridine rings is 1. The second kappa shape index (κ2) is 4.65. The molecule has 6 nitrogen and oxygen atoms in total. The minimum Gasteiger partial charge on any atom is -0.496 e. The molecule has 3 N–H and O–H groups in total. The molecule has 0 bridgehead atoms. The maximum absolute atomic E-state index is 11.2. The van der Waals surface area contributed by atoms with Gasteiger partial charge in [-0.25, -0.2) is 4.98 Å². The molecule has 0 spiro atoms. The van der Waals surface area contributed by atoms with E-state index in [2.05, 4.69) is 15.0 Å². The third-order valence-corrected chi connectivity index (χ3v) is 3.02. The number of rotatable bonds is 3. The number of methoxy groups -OCH3 is 1. The van der Waals surface area contributed by atoms with Crippen LogP contribution in [0.3, 0.4) is 0 Å². The lowest BCUT2D eigenvalue weighted by Crippen LogP contribution is -2.11. The fraction of sp³-hybridized carbons (Fsp3) is 0.0714. The van der Waals surface area contributed by atoms with Gasteiger partial charge >= 0.3 is 0 Å². The van der Waals surface area contributed by atoms with E-state index in [-0.39, 0.29) is 0 Å². The fourth-order valence-electron chi connectivity index (χ4n) is 2.02. The lowest BCUT2D eigenvalue weighted by atomic mass is 10.1. The van der Waals surface area contributed by atoms with Crippen molar-refractivity contribution in [2.45, 2.75) is 0 Å². The zero-order chi connectivity index (χ0) is 14.1. The number of hydrogen-bond donors (Lipinski definition) is 2. The summed E-state index contributed by atoms with van der Waals surface area (Å²) in [4.78, 5) is 22.9. The number of hydrogen-bond acceptors (Lipinski definition) is 4. The summed E-state index contributed by atoms with van der Waals surface area (Å²) in [5.74, 6) is 0.692. The molecule has 0 aliphatic carbocycles. The number of nitrogens with one attached hydrogen (secondary N) is 1. The van der Waals surface area contributed by atoms with E-state index in [1.54, 1.807) is 30.6 Å². The van der Waals surface area contributed by atoms with Gasteiger partial charge in [0, 0.05) is 11.8 Å². The number of benzene rings is 1. The molecule has 0 aliphatic rings. The van der Waals surface area contributed by atoms with Crippen molar-refractivity contribution >= 4 is 16.9 Å². The SMILES string of the molecule is COc1cc(C(N)=O)ccc1-c1nc2ccncc2[nH]1. The first-order chi connectivity index (χ1) is 9.69. The molecule has 0 radical (unpaired) electrons. The lowest BCUT2D eigenvalue weighted by Gasteiger charge is -2.07. The summed E-state index contributed by atoms with van der Waals surface area (Å²) in [5.41, 5.74) is 8.06. The summed E-state index contributed by atoms with van der Waals surface area (Å²) in [6.07, 6.45) is 3.39. The van der Waals surface area contributed by atoms with E-state index in [0.29, 0.717) is 17.1 Å². The summed E-state index contributed by atoms with van der Waals surface area (Å²) >= 11 is 0. The zero-order valence-electron chi connectivity index (χ0n) is 10.8. The number of H-pyrrole nitrogens is 1. The largest absolute Gasteiger partial charge is 0.496 e. The molecular formula is C14H12N4O2. The van der Waals surface area contributed by atoms with Crippen LogP contribution in [0, 0.1) is 0 Å². The van der Waals surface area contributed by atoms with Crippen molar-refractivity contribution in [1.82, 2.24) is 15.0 Å². The molecule has 1 aromatic carbocycles. The van der Waals surface area contributed by atoms with Crippen molar-refractivity contribution in [3.8, 4) is 17.1 Å². The van der Waals surface area contributed by atoms with Gasteiger partial charge in [0.25, 0.3) is 0 Å². The molecule has 0 aliphatic heterocycles. The van der Waals surface area contributed by atoms with Crippen LogP contribution in [0.4, 0.5) is 0 Å². The smallest absolute Gasteiger partial charge is 0.248 e. The number of ether oxygens (including phenoxy) is 1. The van der Waals surface area contributed by atoms with Crippen LogP contribution in [-0.2, 0) is 0 Å². The molecule has 0 atom stereocenters. The van der Waals surface area contributed by atoms with Crippen LogP contribution in [0.2, 0.25) is 0 Å². The summed E-state index contributed by atoms with van der Waals surface area (Å²) in [7, 11) is 1.54. The number of aromatic nitrogens is 3. The van der Waals surface area contributed by atoms with Crippen LogP contribution >= 0.6 is 0 Å². The summed E-state index contributed by atoms with van der Waals surface area (Å²) in [6.45, 7) is 0. The Balaban J connectivity index is 2.15. The molecule has 0 fully saturated rings. The Kier molecular flexibility index (Phi) is 2.83. The molecule has 20 heavy (non-hydrogen) atoms. The highest BCUT2D eigenvalue weighted by atomic mass is 16.5. The predicted molar refractivity (Wildman–Crippen MR) is 74.4 cm³/mol. The summed E-state index contributed by atoms with van der Waals surface area (Å²) in [5, 5.41) is 0. The molecule has 6 heteroatoms. The lowest BCUT2D eigenvalue weighted by molar-refractivity contribution is 0.1000. The van der Waals surface area contributed by atoms with E-state index in [9.17, 15) is 4.79 Å². The maximum Gasteiger partial charge on any atom is 0.248 e. The molecule has 2 heterocycles. The van der Waals surface area contributed by atoms with Gasteiger partial charge in [-0.3, -0.25) is 9.78 Å². The monoisotopic (exact) mass is 268 g/mol. The van der Waals surface area contributed by atoms with Gasteiger partial charge in [0.15, 0.2) is 0 Å². The Bertz CT molecular complexity index is 762. The highest BCUT2D eigenvalue weighted by molar-refractivity contribution is 5.94. The van der Waals surface area contributed by atoms with Gasteiger partial charge in [0.1, 0.15) is 11.6 Å². The minimum absolute atomic E-state index is 0.392. The number of primary amides is 1. The maximum atomic E-state index is 11.2. The zero-order valence-corrected chi connectivity index (χ0v) is 10.8. The molecule has 0 saturated heterocycles. The van der Waals surface area contributed by atoms with Crippen LogP contribution in [0.1, 0.15) is 10.4 Å². The molecular weight excluding hydrogens is 256 g/mol. The second-order valence-electron chi connectivity index (χ2n) is 4.26. The minimum atomic E-state index is -0.497. The van der Waals surface area contributed by atoms with E-state index in [1.165, 1.54) is 7.11 Å². The van der Waals surface area contributed by atoms with Crippen LogP contribution in [0.25, 0.3) is 22.4 Å². The topological polar surface area (TPSA) is 93.9 Å². The number of amides is 1. The van der Waals surface area contributed by atoms with Gasteiger partial charge < -0.3 is 15.5 Å². The van der Waals surface area contributed by atoms with Crippen molar-refractivity contribution in [3.05, 3.63) is 42.2 Å². The predicted octanol–water partition coefficient (Wildman–Crippen LogP) is 1.73. The van der Waals surface area contributed by atoms with Crippen LogP contribution < -0.4 is 10.5 Å². The van der Waals surface area contributed by atoms with E-state index >= 15 is 0 Å². The van der Waals surface area contributed by atoms with Crippen molar-refractivity contribution < 1.29 is 9.53 Å². The number of nitrogens with zero attached hydrogens (tertiary/aromatic N) is 2. The van der Waals surface area contributed by atoms with E-state index in [0.717, 1.165) is 16.6 Å². The van der Waals surface area contributed by atoms with Crippen LogP contribution in [-0.4, -0.2) is 28.0 Å². The Morgan fingerprint density at radius 3 is 2.90 bits per heavy atom. The number of fused-ring (bicyclic) bond motifs is 1. The summed E-state index contributed by atoms with van der Waals surface area (Å²) < 4.78 is 5.30. The van der Waals surface area contributed by atoms with Gasteiger partial charge in [-0.2, -0.15) is 0 Å². The van der Waals surface area contributed by atoms with Gasteiger partial charge in [0.05, 0.1) is 29.9 Å². The molecule has 3 rings (SSSR count). The standard InChI is InChI=1S/C14H12N4O2/c1-20-12-6-8(13(15)19)2-3-9(12)14-17-10-4-5-16-7-11(10)18-14/h2-7H,1H3,(H2,15,19)(H,17,18). The molecule has 1 amide bonds. The number of nitrogens with two attached hydrogens (primary N) is 1. The Morgan fingerprint density at radius 1 is 1.35 bits per heavy atom. The first kappa shape index (κ1) is 12.2. The van der Waals surface area contributed by atoms with E-state index < -0.39 is 5.91 Å². The highest BCUT2D eigenvalue weighted by Crippen LogP contribution is 2.30. The Hall–Kier alpha value is -2.89. The fourth-order valence-corrected chi connectivity index (χ4v) is 2.02. The average Bonchev–Trinajstić information content (AvgIpc) is 2.90. The quantitative estimate of drug-likeness (QED) is 0.756.